The van der Waals surface area contributed by atoms with E-state index < -0.39 is 0 Å². The fraction of sp³-hybridized carbons (Fsp3) is 0.233. The molecule has 0 fully saturated rings. The van der Waals surface area contributed by atoms with Gasteiger partial charge in [0.1, 0.15) is 11.2 Å². The Morgan fingerprint density at radius 2 is 2.03 bits per heavy atom. The van der Waals surface area contributed by atoms with Crippen LogP contribution in [-0.4, -0.2) is 45.7 Å². The summed E-state index contributed by atoms with van der Waals surface area (Å²) < 4.78 is 0.746. The molecule has 8 heteroatoms. The Labute approximate surface area is 233 Å². The summed E-state index contributed by atoms with van der Waals surface area (Å²) in [5, 5.41) is 11.0. The van der Waals surface area contributed by atoms with E-state index in [-0.39, 0.29) is 0 Å². The molecule has 0 unspecified atom stereocenters. The first-order valence-corrected chi connectivity index (χ1v) is 13.7. The predicted molar refractivity (Wildman–Crippen MR) is 164 cm³/mol. The number of allylic oxidation sites excluding steroid dienone is 5. The second kappa shape index (κ2) is 12.3. The van der Waals surface area contributed by atoms with Crippen molar-refractivity contribution in [2.45, 2.75) is 26.7 Å². The van der Waals surface area contributed by atoms with Crippen LogP contribution >= 0.6 is 22.9 Å². The maximum absolute atomic E-state index is 6.16. The van der Waals surface area contributed by atoms with Crippen LogP contribution in [0.25, 0.3) is 32.7 Å². The van der Waals surface area contributed by atoms with E-state index in [9.17, 15) is 0 Å². The van der Waals surface area contributed by atoms with Crippen molar-refractivity contribution < 1.29 is 0 Å². The number of aromatic amines is 1. The molecule has 38 heavy (non-hydrogen) atoms. The zero-order valence-electron chi connectivity index (χ0n) is 22.3. The summed E-state index contributed by atoms with van der Waals surface area (Å²) >= 11 is 7.69. The van der Waals surface area contributed by atoms with Gasteiger partial charge in [0.25, 0.3) is 0 Å². The fourth-order valence-corrected chi connectivity index (χ4v) is 5.30. The molecule has 0 amide bonds. The van der Waals surface area contributed by atoms with E-state index in [0.29, 0.717) is 11.4 Å². The first-order valence-electron chi connectivity index (χ1n) is 12.5. The van der Waals surface area contributed by atoms with Gasteiger partial charge in [-0.1, -0.05) is 36.9 Å². The molecule has 0 aromatic carbocycles. The third-order valence-corrected chi connectivity index (χ3v) is 7.58. The van der Waals surface area contributed by atoms with Crippen molar-refractivity contribution in [3.8, 4) is 10.4 Å². The number of H-pyrrole nitrogens is 1. The Bertz CT molecular complexity index is 1520. The molecule has 196 valence electrons. The van der Waals surface area contributed by atoms with Crippen molar-refractivity contribution in [3.63, 3.8) is 0 Å². The number of rotatable bonds is 11. The topological polar surface area (TPSA) is 69.7 Å². The van der Waals surface area contributed by atoms with Crippen molar-refractivity contribution in [1.82, 2.24) is 25.1 Å². The molecule has 0 aliphatic carbocycles. The Hall–Kier alpha value is -3.52. The molecule has 4 heterocycles. The van der Waals surface area contributed by atoms with Gasteiger partial charge in [0, 0.05) is 16.6 Å². The largest absolute Gasteiger partial charge is 0.353 e. The van der Waals surface area contributed by atoms with Crippen LogP contribution in [0.15, 0.2) is 73.6 Å². The van der Waals surface area contributed by atoms with Gasteiger partial charge in [-0.15, -0.1) is 11.3 Å². The molecular weight excluding hydrogens is 512 g/mol. The molecule has 2 N–H and O–H groups in total. The number of aromatic nitrogens is 4. The van der Waals surface area contributed by atoms with Gasteiger partial charge in [-0.3, -0.25) is 10.1 Å². The van der Waals surface area contributed by atoms with E-state index in [2.05, 4.69) is 71.7 Å². The Morgan fingerprint density at radius 3 is 2.71 bits per heavy atom. The summed E-state index contributed by atoms with van der Waals surface area (Å²) in [7, 11) is 4.18. The van der Waals surface area contributed by atoms with E-state index in [1.165, 1.54) is 16.9 Å². The Kier molecular flexibility index (Phi) is 8.94. The number of thiophene rings is 1. The van der Waals surface area contributed by atoms with Crippen molar-refractivity contribution in [2.24, 2.45) is 0 Å². The minimum Gasteiger partial charge on any atom is -0.353 e. The van der Waals surface area contributed by atoms with Crippen LogP contribution in [0, 0.1) is 6.92 Å². The normalized spacial score (nSPS) is 12.4. The highest BCUT2D eigenvalue weighted by Gasteiger charge is 2.15. The number of halogens is 1. The highest BCUT2D eigenvalue weighted by atomic mass is 35.5. The third kappa shape index (κ3) is 6.30. The van der Waals surface area contributed by atoms with Crippen LogP contribution in [0.2, 0.25) is 4.34 Å². The molecule has 4 aromatic rings. The molecule has 0 atom stereocenters. The van der Waals surface area contributed by atoms with Crippen molar-refractivity contribution in [3.05, 3.63) is 94.9 Å². The van der Waals surface area contributed by atoms with E-state index in [1.807, 2.05) is 43.5 Å². The fourth-order valence-electron chi connectivity index (χ4n) is 4.19. The van der Waals surface area contributed by atoms with E-state index in [0.717, 1.165) is 67.7 Å². The van der Waals surface area contributed by atoms with Gasteiger partial charge in [0.15, 0.2) is 0 Å². The van der Waals surface area contributed by atoms with Crippen LogP contribution in [0.4, 0.5) is 5.69 Å². The van der Waals surface area contributed by atoms with Crippen LogP contribution in [0.1, 0.15) is 36.7 Å². The molecular formula is C30H33ClN6S. The van der Waals surface area contributed by atoms with Crippen LogP contribution in [0.5, 0.6) is 0 Å². The minimum atomic E-state index is 0.639. The zero-order valence-corrected chi connectivity index (χ0v) is 23.9. The monoisotopic (exact) mass is 544 g/mol. The molecule has 0 aliphatic rings. The number of hydrogen-bond acceptors (Lipinski definition) is 6. The van der Waals surface area contributed by atoms with Gasteiger partial charge >= 0.3 is 0 Å². The highest BCUT2D eigenvalue weighted by molar-refractivity contribution is 7.19. The van der Waals surface area contributed by atoms with E-state index >= 15 is 0 Å². The van der Waals surface area contributed by atoms with Gasteiger partial charge in [0.2, 0.25) is 0 Å². The zero-order chi connectivity index (χ0) is 27.2. The average Bonchev–Trinajstić information content (AvgIpc) is 3.53. The number of anilines is 1. The lowest BCUT2D eigenvalue weighted by Crippen LogP contribution is -2.12. The maximum atomic E-state index is 6.16. The van der Waals surface area contributed by atoms with Crippen LogP contribution in [-0.2, 0) is 0 Å². The first-order chi connectivity index (χ1) is 18.3. The average molecular weight is 545 g/mol. The summed E-state index contributed by atoms with van der Waals surface area (Å²) in [5.74, 6) is 0. The molecule has 4 rings (SSSR count). The van der Waals surface area contributed by atoms with Gasteiger partial charge < -0.3 is 10.2 Å². The van der Waals surface area contributed by atoms with Crippen molar-refractivity contribution in [2.75, 3.05) is 26.0 Å². The number of nitrogens with one attached hydrogen (secondary N) is 2. The molecule has 0 spiro atoms. The standard InChI is InChI=1S/C30H33ClN6S/c1-7-21(10-9-15-37(5)6)16-22(8-2)24-11-12-25-30(34-24)29(36-35-25)20(4)33-26-18-32-17-23(19(26)3)27-13-14-28(31)38-27/h7-8,11-14,16-18,33H,1,4,9-10,15H2,2-3,5-6H3,(H,35,36)/b21-16+,22-8+. The van der Waals surface area contributed by atoms with Crippen LogP contribution in [0.3, 0.4) is 0 Å². The second-order valence-corrected chi connectivity index (χ2v) is 11.0. The lowest BCUT2D eigenvalue weighted by atomic mass is 10.0. The SMILES string of the molecule is C=C/C(=C\C(=C/C)c1ccc2[nH]nc(C(=C)Nc3cncc(-c4ccc(Cl)s4)c3C)c2n1)CCCN(C)C. The van der Waals surface area contributed by atoms with Crippen molar-refractivity contribution in [1.29, 1.82) is 0 Å². The first kappa shape index (κ1) is 27.5. The van der Waals surface area contributed by atoms with Gasteiger partial charge in [0.05, 0.1) is 33.1 Å². The third-order valence-electron chi connectivity index (χ3n) is 6.31. The van der Waals surface area contributed by atoms with Crippen LogP contribution < -0.4 is 5.32 Å². The summed E-state index contributed by atoms with van der Waals surface area (Å²) in [6, 6.07) is 7.92. The molecule has 0 saturated heterocycles. The Morgan fingerprint density at radius 1 is 1.21 bits per heavy atom. The van der Waals surface area contributed by atoms with Gasteiger partial charge in [-0.05, 0) is 94.4 Å². The van der Waals surface area contributed by atoms with E-state index in [1.54, 1.807) is 6.20 Å². The number of nitrogens with zero attached hydrogens (tertiary/aromatic N) is 4. The lowest BCUT2D eigenvalue weighted by molar-refractivity contribution is 0.400. The quantitative estimate of drug-likeness (QED) is 0.187. The van der Waals surface area contributed by atoms with Gasteiger partial charge in [-0.25, -0.2) is 4.98 Å². The summed E-state index contributed by atoms with van der Waals surface area (Å²) in [6.45, 7) is 13.4. The maximum Gasteiger partial charge on any atom is 0.134 e. The lowest BCUT2D eigenvalue weighted by Gasteiger charge is -2.13. The van der Waals surface area contributed by atoms with Gasteiger partial charge in [-0.2, -0.15) is 5.10 Å². The predicted octanol–water partition coefficient (Wildman–Crippen LogP) is 7.98. The molecule has 0 aliphatic heterocycles. The molecule has 0 bridgehead atoms. The summed E-state index contributed by atoms with van der Waals surface area (Å²) in [5.41, 5.74) is 8.95. The molecule has 0 radical (unpaired) electrons. The number of pyridine rings is 2. The molecule has 6 nitrogen and oxygen atoms in total. The van der Waals surface area contributed by atoms with Crippen molar-refractivity contribution >= 4 is 50.9 Å². The smallest absolute Gasteiger partial charge is 0.134 e. The molecule has 0 saturated carbocycles. The summed E-state index contributed by atoms with van der Waals surface area (Å²) in [6.07, 6.45) is 11.9. The number of hydrogen-bond donors (Lipinski definition) is 2. The summed E-state index contributed by atoms with van der Waals surface area (Å²) in [4.78, 5) is 12.7. The molecule has 4 aromatic heterocycles. The minimum absolute atomic E-state index is 0.639. The number of fused-ring (bicyclic) bond motifs is 1. The van der Waals surface area contributed by atoms with E-state index in [4.69, 9.17) is 16.6 Å². The second-order valence-electron chi connectivity index (χ2n) is 9.31. The highest BCUT2D eigenvalue weighted by Crippen LogP contribution is 2.35. The Balaban J connectivity index is 1.60.